The second-order valence-electron chi connectivity index (χ2n) is 6.38. The number of nitrogens with one attached hydrogen (secondary N) is 1. The second kappa shape index (κ2) is 7.51. The lowest BCUT2D eigenvalue weighted by Crippen LogP contribution is -2.55. The largest absolute Gasteiger partial charge is 0.454 e. The molecular formula is C19H22N2O4. The lowest BCUT2D eigenvalue weighted by molar-refractivity contribution is -0.157. The van der Waals surface area contributed by atoms with Crippen LogP contribution in [0, 0.1) is 0 Å². The minimum Gasteiger partial charge on any atom is -0.454 e. The number of amides is 1. The number of esters is 1. The van der Waals surface area contributed by atoms with Crippen molar-refractivity contribution in [1.82, 2.24) is 10.3 Å². The summed E-state index contributed by atoms with van der Waals surface area (Å²) in [5.74, 6) is 0.324. The van der Waals surface area contributed by atoms with Crippen LogP contribution in [0.3, 0.4) is 0 Å². The van der Waals surface area contributed by atoms with Gasteiger partial charge in [0.15, 0.2) is 12.4 Å². The van der Waals surface area contributed by atoms with E-state index in [-0.39, 0.29) is 12.5 Å². The highest BCUT2D eigenvalue weighted by molar-refractivity contribution is 5.87. The third kappa shape index (κ3) is 4.07. The van der Waals surface area contributed by atoms with Gasteiger partial charge in [0.25, 0.3) is 0 Å². The van der Waals surface area contributed by atoms with Gasteiger partial charge in [-0.25, -0.2) is 9.78 Å². The summed E-state index contributed by atoms with van der Waals surface area (Å²) in [5.41, 5.74) is -0.00608. The maximum absolute atomic E-state index is 12.6. The fraction of sp³-hybridized carbons (Fsp3) is 0.421. The number of carbonyl (C=O) groups excluding carboxylic acids is 2. The van der Waals surface area contributed by atoms with Gasteiger partial charge in [-0.05, 0) is 12.8 Å². The molecule has 0 spiro atoms. The van der Waals surface area contributed by atoms with Gasteiger partial charge in [-0.1, -0.05) is 49.6 Å². The molecule has 6 nitrogen and oxygen atoms in total. The van der Waals surface area contributed by atoms with Gasteiger partial charge in [-0.2, -0.15) is 0 Å². The van der Waals surface area contributed by atoms with Crippen LogP contribution >= 0.6 is 0 Å². The van der Waals surface area contributed by atoms with E-state index in [1.165, 1.54) is 6.92 Å². The van der Waals surface area contributed by atoms with E-state index in [9.17, 15) is 9.59 Å². The Labute approximate surface area is 146 Å². The normalized spacial score (nSPS) is 16.2. The monoisotopic (exact) mass is 342 g/mol. The van der Waals surface area contributed by atoms with Crippen molar-refractivity contribution in [3.63, 3.8) is 0 Å². The Morgan fingerprint density at radius 2 is 1.92 bits per heavy atom. The number of nitrogens with zero attached hydrogens (tertiary/aromatic N) is 1. The van der Waals surface area contributed by atoms with Crippen molar-refractivity contribution in [3.05, 3.63) is 42.4 Å². The van der Waals surface area contributed by atoms with Crippen LogP contribution in [0.2, 0.25) is 0 Å². The summed E-state index contributed by atoms with van der Waals surface area (Å²) in [6.07, 6.45) is 5.68. The molecular weight excluding hydrogens is 320 g/mol. The SMILES string of the molecule is CC(=O)NC1(C(=O)OCc2ncc(-c3ccccc3)o2)CCCCC1. The summed E-state index contributed by atoms with van der Waals surface area (Å²) < 4.78 is 11.1. The van der Waals surface area contributed by atoms with Gasteiger partial charge < -0.3 is 14.5 Å². The van der Waals surface area contributed by atoms with Gasteiger partial charge in [0.05, 0.1) is 6.20 Å². The topological polar surface area (TPSA) is 81.4 Å². The van der Waals surface area contributed by atoms with Crippen molar-refractivity contribution in [2.45, 2.75) is 51.2 Å². The molecule has 1 amide bonds. The standard InChI is InChI=1S/C19H22N2O4/c1-14(22)21-19(10-6-3-7-11-19)18(23)24-13-17-20-12-16(25-17)15-8-4-2-5-9-15/h2,4-5,8-9,12H,3,6-7,10-11,13H2,1H3,(H,21,22). The number of rotatable bonds is 5. The number of oxazole rings is 1. The Bertz CT molecular complexity index is 733. The fourth-order valence-corrected chi connectivity index (χ4v) is 3.25. The molecule has 1 aromatic heterocycles. The summed E-state index contributed by atoms with van der Waals surface area (Å²) in [7, 11) is 0. The smallest absolute Gasteiger partial charge is 0.332 e. The summed E-state index contributed by atoms with van der Waals surface area (Å²) in [4.78, 5) is 28.3. The van der Waals surface area contributed by atoms with Crippen LogP contribution in [-0.4, -0.2) is 22.4 Å². The Morgan fingerprint density at radius 3 is 2.60 bits per heavy atom. The summed E-state index contributed by atoms with van der Waals surface area (Å²) >= 11 is 0. The predicted molar refractivity (Wildman–Crippen MR) is 91.4 cm³/mol. The first kappa shape index (κ1) is 17.2. The quantitative estimate of drug-likeness (QED) is 0.844. The minimum atomic E-state index is -0.918. The van der Waals surface area contributed by atoms with Crippen molar-refractivity contribution < 1.29 is 18.7 Å². The molecule has 1 fully saturated rings. The number of benzene rings is 1. The molecule has 1 N–H and O–H groups in total. The van der Waals surface area contributed by atoms with Crippen LogP contribution in [0.25, 0.3) is 11.3 Å². The molecule has 25 heavy (non-hydrogen) atoms. The molecule has 0 bridgehead atoms. The molecule has 2 aromatic rings. The van der Waals surface area contributed by atoms with Crippen LogP contribution in [-0.2, 0) is 20.9 Å². The van der Waals surface area contributed by atoms with E-state index in [4.69, 9.17) is 9.15 Å². The molecule has 0 saturated heterocycles. The number of hydrogen-bond acceptors (Lipinski definition) is 5. The third-order valence-electron chi connectivity index (χ3n) is 4.45. The van der Waals surface area contributed by atoms with E-state index in [2.05, 4.69) is 10.3 Å². The van der Waals surface area contributed by atoms with Crippen LogP contribution in [0.1, 0.15) is 44.9 Å². The molecule has 1 aliphatic carbocycles. The Morgan fingerprint density at radius 1 is 1.20 bits per heavy atom. The molecule has 1 aliphatic rings. The highest BCUT2D eigenvalue weighted by atomic mass is 16.5. The summed E-state index contributed by atoms with van der Waals surface area (Å²) in [6.45, 7) is 1.37. The zero-order valence-corrected chi connectivity index (χ0v) is 14.3. The molecule has 0 unspecified atom stereocenters. The zero-order chi connectivity index (χ0) is 17.7. The molecule has 132 valence electrons. The first-order valence-electron chi connectivity index (χ1n) is 8.55. The maximum Gasteiger partial charge on any atom is 0.332 e. The molecule has 1 saturated carbocycles. The van der Waals surface area contributed by atoms with E-state index in [1.807, 2.05) is 30.3 Å². The number of aromatic nitrogens is 1. The molecule has 1 aromatic carbocycles. The Hall–Kier alpha value is -2.63. The first-order valence-corrected chi connectivity index (χ1v) is 8.55. The number of ether oxygens (including phenoxy) is 1. The summed E-state index contributed by atoms with van der Waals surface area (Å²) in [5, 5.41) is 2.80. The van der Waals surface area contributed by atoms with Crippen molar-refractivity contribution in [2.24, 2.45) is 0 Å². The van der Waals surface area contributed by atoms with E-state index in [0.717, 1.165) is 24.8 Å². The summed E-state index contributed by atoms with van der Waals surface area (Å²) in [6, 6.07) is 9.60. The molecule has 0 radical (unpaired) electrons. The van der Waals surface area contributed by atoms with Gasteiger partial charge in [0.1, 0.15) is 5.54 Å². The second-order valence-corrected chi connectivity index (χ2v) is 6.38. The van der Waals surface area contributed by atoms with Gasteiger partial charge in [-0.3, -0.25) is 4.79 Å². The highest BCUT2D eigenvalue weighted by Gasteiger charge is 2.41. The van der Waals surface area contributed by atoms with Crippen LogP contribution in [0.5, 0.6) is 0 Å². The number of hydrogen-bond donors (Lipinski definition) is 1. The van der Waals surface area contributed by atoms with Gasteiger partial charge in [0, 0.05) is 12.5 Å². The zero-order valence-electron chi connectivity index (χ0n) is 14.3. The van der Waals surface area contributed by atoms with E-state index in [1.54, 1.807) is 6.20 Å². The van der Waals surface area contributed by atoms with Crippen LogP contribution in [0.15, 0.2) is 40.9 Å². The number of carbonyl (C=O) groups is 2. The molecule has 0 atom stereocenters. The van der Waals surface area contributed by atoms with Crippen molar-refractivity contribution in [1.29, 1.82) is 0 Å². The van der Waals surface area contributed by atoms with Crippen molar-refractivity contribution >= 4 is 11.9 Å². The molecule has 6 heteroatoms. The molecule has 0 aliphatic heterocycles. The highest BCUT2D eigenvalue weighted by Crippen LogP contribution is 2.30. The minimum absolute atomic E-state index is 0.0486. The Balaban J connectivity index is 1.65. The fourth-order valence-electron chi connectivity index (χ4n) is 3.25. The first-order chi connectivity index (χ1) is 12.1. The van der Waals surface area contributed by atoms with Crippen molar-refractivity contribution in [3.8, 4) is 11.3 Å². The van der Waals surface area contributed by atoms with Crippen LogP contribution in [0.4, 0.5) is 0 Å². The van der Waals surface area contributed by atoms with Gasteiger partial charge in [-0.15, -0.1) is 0 Å². The average Bonchev–Trinajstić information content (AvgIpc) is 3.09. The lowest BCUT2D eigenvalue weighted by atomic mass is 9.81. The van der Waals surface area contributed by atoms with E-state index in [0.29, 0.717) is 24.5 Å². The lowest BCUT2D eigenvalue weighted by Gasteiger charge is -2.35. The Kier molecular flexibility index (Phi) is 5.16. The molecule has 3 rings (SSSR count). The maximum atomic E-state index is 12.6. The van der Waals surface area contributed by atoms with E-state index >= 15 is 0 Å². The van der Waals surface area contributed by atoms with Crippen molar-refractivity contribution in [2.75, 3.05) is 0 Å². The van der Waals surface area contributed by atoms with Crippen LogP contribution < -0.4 is 5.32 Å². The average molecular weight is 342 g/mol. The predicted octanol–water partition coefficient (Wildman–Crippen LogP) is 3.22. The van der Waals surface area contributed by atoms with E-state index < -0.39 is 11.5 Å². The third-order valence-corrected chi connectivity index (χ3v) is 4.45. The van der Waals surface area contributed by atoms with Gasteiger partial charge >= 0.3 is 5.97 Å². The molecule has 1 heterocycles. The van der Waals surface area contributed by atoms with Gasteiger partial charge in [0.2, 0.25) is 11.8 Å².